The van der Waals surface area contributed by atoms with Gasteiger partial charge in [0.25, 0.3) is 0 Å². The molecule has 0 aromatic heterocycles. The Hall–Kier alpha value is -1.29. The van der Waals surface area contributed by atoms with Crippen molar-refractivity contribution in [2.75, 3.05) is 31.6 Å². The number of anilines is 1. The molecule has 1 saturated heterocycles. The van der Waals surface area contributed by atoms with Crippen LogP contribution < -0.4 is 10.2 Å². The number of nitrogens with one attached hydrogen (secondary N) is 1. The molecule has 1 aliphatic heterocycles. The van der Waals surface area contributed by atoms with Gasteiger partial charge in [-0.25, -0.2) is 0 Å². The van der Waals surface area contributed by atoms with Gasteiger partial charge in [0.1, 0.15) is 0 Å². The number of thiocarbonyl (C=S) groups is 1. The third kappa shape index (κ3) is 4.60. The van der Waals surface area contributed by atoms with Gasteiger partial charge < -0.3 is 15.1 Å². The van der Waals surface area contributed by atoms with Crippen molar-refractivity contribution in [1.29, 1.82) is 0 Å². The topological polar surface area (TPSA) is 18.5 Å². The molecule has 0 aliphatic carbocycles. The summed E-state index contributed by atoms with van der Waals surface area (Å²) < 4.78 is 0. The lowest BCUT2D eigenvalue weighted by Crippen LogP contribution is -2.37. The third-order valence-corrected chi connectivity index (χ3v) is 4.42. The molecule has 0 unspecified atom stereocenters. The molecule has 4 heteroatoms. The average Bonchev–Trinajstić information content (AvgIpc) is 2.54. The molecular formula is C17H27N3S. The molecule has 0 atom stereocenters. The number of nitrogens with zero attached hydrogens (tertiary/aromatic N) is 2. The number of piperidine rings is 1. The van der Waals surface area contributed by atoms with Crippen LogP contribution in [0, 0.1) is 0 Å². The van der Waals surface area contributed by atoms with Crippen molar-refractivity contribution in [3.05, 3.63) is 29.8 Å². The van der Waals surface area contributed by atoms with E-state index in [9.17, 15) is 0 Å². The van der Waals surface area contributed by atoms with E-state index in [-0.39, 0.29) is 0 Å². The molecule has 0 spiro atoms. The van der Waals surface area contributed by atoms with E-state index in [2.05, 4.69) is 53.4 Å². The predicted octanol–water partition coefficient (Wildman–Crippen LogP) is 3.39. The SMILES string of the molecule is CCCNC(=S)N(C)Cc1ccccc1N1CCCCC1. The second kappa shape index (κ2) is 8.23. The summed E-state index contributed by atoms with van der Waals surface area (Å²) in [5.74, 6) is 0. The number of benzene rings is 1. The fourth-order valence-electron chi connectivity index (χ4n) is 2.78. The molecule has 1 aliphatic rings. The Bertz CT molecular complexity index is 455. The van der Waals surface area contributed by atoms with Gasteiger partial charge in [-0.2, -0.15) is 0 Å². The van der Waals surface area contributed by atoms with E-state index in [0.717, 1.165) is 24.6 Å². The summed E-state index contributed by atoms with van der Waals surface area (Å²) in [7, 11) is 2.07. The van der Waals surface area contributed by atoms with Gasteiger partial charge in [0.15, 0.2) is 5.11 Å². The van der Waals surface area contributed by atoms with Crippen LogP contribution in [0.5, 0.6) is 0 Å². The van der Waals surface area contributed by atoms with Gasteiger partial charge in [-0.05, 0) is 49.5 Å². The monoisotopic (exact) mass is 305 g/mol. The van der Waals surface area contributed by atoms with E-state index < -0.39 is 0 Å². The summed E-state index contributed by atoms with van der Waals surface area (Å²) in [5, 5.41) is 4.13. The molecular weight excluding hydrogens is 278 g/mol. The van der Waals surface area contributed by atoms with Crippen molar-refractivity contribution in [3.63, 3.8) is 0 Å². The third-order valence-electron chi connectivity index (χ3n) is 3.97. The van der Waals surface area contributed by atoms with Crippen LogP contribution in [-0.4, -0.2) is 36.7 Å². The van der Waals surface area contributed by atoms with Crippen LogP contribution in [-0.2, 0) is 6.54 Å². The standard InChI is InChI=1S/C17H27N3S/c1-3-11-18-17(21)19(2)14-15-9-5-6-10-16(15)20-12-7-4-8-13-20/h5-6,9-10H,3-4,7-8,11-14H2,1-2H3,(H,18,21). The molecule has 0 amide bonds. The number of hydrogen-bond acceptors (Lipinski definition) is 2. The van der Waals surface area contributed by atoms with Crippen molar-refractivity contribution >= 4 is 23.0 Å². The Morgan fingerprint density at radius 2 is 1.95 bits per heavy atom. The number of para-hydroxylation sites is 1. The average molecular weight is 305 g/mol. The van der Waals surface area contributed by atoms with Gasteiger partial charge in [-0.3, -0.25) is 0 Å². The number of rotatable bonds is 5. The summed E-state index contributed by atoms with van der Waals surface area (Å²) in [6.45, 7) is 6.32. The smallest absolute Gasteiger partial charge is 0.168 e. The van der Waals surface area contributed by atoms with E-state index in [1.54, 1.807) is 0 Å². The van der Waals surface area contributed by atoms with Gasteiger partial charge in [-0.1, -0.05) is 25.1 Å². The van der Waals surface area contributed by atoms with E-state index >= 15 is 0 Å². The van der Waals surface area contributed by atoms with Crippen molar-refractivity contribution in [2.24, 2.45) is 0 Å². The van der Waals surface area contributed by atoms with Crippen molar-refractivity contribution in [3.8, 4) is 0 Å². The van der Waals surface area contributed by atoms with Gasteiger partial charge >= 0.3 is 0 Å². The van der Waals surface area contributed by atoms with Crippen molar-refractivity contribution in [1.82, 2.24) is 10.2 Å². The van der Waals surface area contributed by atoms with Gasteiger partial charge in [0, 0.05) is 38.9 Å². The van der Waals surface area contributed by atoms with Crippen LogP contribution >= 0.6 is 12.2 Å². The van der Waals surface area contributed by atoms with Gasteiger partial charge in [0.2, 0.25) is 0 Å². The van der Waals surface area contributed by atoms with Crippen LogP contribution in [0.25, 0.3) is 0 Å². The Kier molecular flexibility index (Phi) is 6.30. The molecule has 1 N–H and O–H groups in total. The second-order valence-electron chi connectivity index (χ2n) is 5.76. The highest BCUT2D eigenvalue weighted by atomic mass is 32.1. The minimum absolute atomic E-state index is 0.838. The molecule has 1 aromatic carbocycles. The molecule has 21 heavy (non-hydrogen) atoms. The molecule has 2 rings (SSSR count). The van der Waals surface area contributed by atoms with Crippen molar-refractivity contribution < 1.29 is 0 Å². The lowest BCUT2D eigenvalue weighted by Gasteiger charge is -2.32. The molecule has 1 aromatic rings. The molecule has 0 saturated carbocycles. The second-order valence-corrected chi connectivity index (χ2v) is 6.15. The van der Waals surface area contributed by atoms with E-state index in [0.29, 0.717) is 0 Å². The quantitative estimate of drug-likeness (QED) is 0.840. The van der Waals surface area contributed by atoms with E-state index in [4.69, 9.17) is 12.2 Å². The van der Waals surface area contributed by atoms with E-state index in [1.807, 2.05) is 0 Å². The Morgan fingerprint density at radius 3 is 2.67 bits per heavy atom. The first-order valence-corrected chi connectivity index (χ1v) is 8.45. The van der Waals surface area contributed by atoms with Gasteiger partial charge in [-0.15, -0.1) is 0 Å². The summed E-state index contributed by atoms with van der Waals surface area (Å²) in [4.78, 5) is 4.66. The fourth-order valence-corrected chi connectivity index (χ4v) is 2.95. The van der Waals surface area contributed by atoms with Crippen LogP contribution in [0.2, 0.25) is 0 Å². The summed E-state index contributed by atoms with van der Waals surface area (Å²) >= 11 is 5.44. The minimum Gasteiger partial charge on any atom is -0.371 e. The predicted molar refractivity (Wildman–Crippen MR) is 94.9 cm³/mol. The maximum Gasteiger partial charge on any atom is 0.168 e. The zero-order valence-electron chi connectivity index (χ0n) is 13.3. The molecule has 1 fully saturated rings. The normalized spacial score (nSPS) is 14.9. The van der Waals surface area contributed by atoms with Crippen LogP contribution in [0.3, 0.4) is 0 Å². The highest BCUT2D eigenvalue weighted by Gasteiger charge is 2.15. The molecule has 116 valence electrons. The maximum absolute atomic E-state index is 5.44. The lowest BCUT2D eigenvalue weighted by molar-refractivity contribution is 0.486. The minimum atomic E-state index is 0.838. The zero-order chi connectivity index (χ0) is 15.1. The van der Waals surface area contributed by atoms with Crippen molar-refractivity contribution in [2.45, 2.75) is 39.2 Å². The van der Waals surface area contributed by atoms with Gasteiger partial charge in [0.05, 0.1) is 0 Å². The Morgan fingerprint density at radius 1 is 1.24 bits per heavy atom. The summed E-state index contributed by atoms with van der Waals surface area (Å²) in [5.41, 5.74) is 2.74. The molecule has 3 nitrogen and oxygen atoms in total. The summed E-state index contributed by atoms with van der Waals surface area (Å²) in [6.07, 6.45) is 5.07. The Labute approximate surface area is 134 Å². The lowest BCUT2D eigenvalue weighted by atomic mass is 10.1. The van der Waals surface area contributed by atoms with Crippen LogP contribution in [0.15, 0.2) is 24.3 Å². The maximum atomic E-state index is 5.44. The van der Waals surface area contributed by atoms with Crippen LogP contribution in [0.1, 0.15) is 38.2 Å². The molecule has 0 radical (unpaired) electrons. The fraction of sp³-hybridized carbons (Fsp3) is 0.588. The summed E-state index contributed by atoms with van der Waals surface area (Å²) in [6, 6.07) is 8.74. The first-order chi connectivity index (χ1) is 10.2. The first kappa shape index (κ1) is 16.1. The largest absolute Gasteiger partial charge is 0.371 e. The first-order valence-electron chi connectivity index (χ1n) is 8.04. The zero-order valence-corrected chi connectivity index (χ0v) is 14.1. The highest BCUT2D eigenvalue weighted by Crippen LogP contribution is 2.25. The van der Waals surface area contributed by atoms with E-state index in [1.165, 1.54) is 43.6 Å². The Balaban J connectivity index is 2.03. The van der Waals surface area contributed by atoms with Crippen LogP contribution in [0.4, 0.5) is 5.69 Å². The number of hydrogen-bond donors (Lipinski definition) is 1. The molecule has 1 heterocycles. The highest BCUT2D eigenvalue weighted by molar-refractivity contribution is 7.80. The molecule has 0 bridgehead atoms.